The zero-order valence-corrected chi connectivity index (χ0v) is 20.9. The van der Waals surface area contributed by atoms with E-state index in [-0.39, 0.29) is 17.7 Å². The van der Waals surface area contributed by atoms with Crippen molar-refractivity contribution < 1.29 is 13.9 Å². The molecule has 6 heteroatoms. The summed E-state index contributed by atoms with van der Waals surface area (Å²) in [5.74, 6) is -0.219. The molecule has 1 atom stereocenters. The van der Waals surface area contributed by atoms with Crippen LogP contribution in [-0.4, -0.2) is 55.6 Å². The molecular formula is C26H34BrFN2O2. The van der Waals surface area contributed by atoms with Crippen molar-refractivity contribution in [1.82, 2.24) is 9.80 Å². The lowest BCUT2D eigenvalue weighted by molar-refractivity contribution is -0.150. The van der Waals surface area contributed by atoms with Crippen LogP contribution in [0.2, 0.25) is 0 Å². The number of hydrogen-bond donors (Lipinski definition) is 0. The van der Waals surface area contributed by atoms with Crippen molar-refractivity contribution in [2.24, 2.45) is 5.92 Å². The van der Waals surface area contributed by atoms with Crippen molar-refractivity contribution in [2.75, 3.05) is 39.8 Å². The van der Waals surface area contributed by atoms with E-state index in [9.17, 15) is 9.18 Å². The Morgan fingerprint density at radius 1 is 1.09 bits per heavy atom. The molecule has 1 fully saturated rings. The summed E-state index contributed by atoms with van der Waals surface area (Å²) >= 11 is 3.55. The van der Waals surface area contributed by atoms with Gasteiger partial charge in [0.1, 0.15) is 5.82 Å². The molecular weight excluding hydrogens is 471 g/mol. The molecule has 0 radical (unpaired) electrons. The third-order valence-electron chi connectivity index (χ3n) is 6.68. The van der Waals surface area contributed by atoms with Gasteiger partial charge in [0, 0.05) is 37.2 Å². The van der Waals surface area contributed by atoms with Gasteiger partial charge in [-0.05, 0) is 60.7 Å². The van der Waals surface area contributed by atoms with Crippen LogP contribution in [0.4, 0.5) is 4.39 Å². The zero-order valence-electron chi connectivity index (χ0n) is 19.3. The number of nitrogens with zero attached hydrogens (tertiary/aromatic N) is 2. The van der Waals surface area contributed by atoms with Crippen LogP contribution < -0.4 is 0 Å². The van der Waals surface area contributed by atoms with E-state index in [1.165, 1.54) is 13.2 Å². The van der Waals surface area contributed by atoms with Crippen molar-refractivity contribution in [3.8, 4) is 0 Å². The molecule has 0 aliphatic carbocycles. The van der Waals surface area contributed by atoms with Gasteiger partial charge in [-0.2, -0.15) is 0 Å². The Bertz CT molecular complexity index is 899. The molecule has 0 bridgehead atoms. The van der Waals surface area contributed by atoms with Crippen LogP contribution in [0, 0.1) is 11.7 Å². The first kappa shape index (κ1) is 24.9. The van der Waals surface area contributed by atoms with Crippen molar-refractivity contribution in [1.29, 1.82) is 0 Å². The van der Waals surface area contributed by atoms with E-state index >= 15 is 0 Å². The second-order valence-corrected chi connectivity index (χ2v) is 9.89. The number of carbonyl (C=O) groups excluding carboxylic acids is 1. The number of rotatable bonds is 9. The van der Waals surface area contributed by atoms with Gasteiger partial charge in [-0.3, -0.25) is 9.69 Å². The Labute approximate surface area is 199 Å². The molecule has 0 amide bonds. The molecule has 1 aliphatic rings. The number of esters is 1. The standard InChI is InChI=1S/C26H34BrFN2O2/c1-20(2)26(25(31)32-3,22-8-5-9-23(27)18-22)11-6-12-29-13-15-30(16-14-29)19-21-7-4-10-24(28)17-21/h4-5,7-10,17-18,20H,6,11-16,19H2,1-3H3. The smallest absolute Gasteiger partial charge is 0.316 e. The first-order valence-corrected chi connectivity index (χ1v) is 12.2. The number of halogens is 2. The van der Waals surface area contributed by atoms with Crippen LogP contribution in [0.15, 0.2) is 53.0 Å². The zero-order chi connectivity index (χ0) is 23.1. The van der Waals surface area contributed by atoms with Gasteiger partial charge in [0.15, 0.2) is 0 Å². The molecule has 3 rings (SSSR count). The molecule has 32 heavy (non-hydrogen) atoms. The number of methoxy groups -OCH3 is 1. The molecule has 1 saturated heterocycles. The van der Waals surface area contributed by atoms with Crippen molar-refractivity contribution in [3.63, 3.8) is 0 Å². The van der Waals surface area contributed by atoms with Crippen molar-refractivity contribution in [3.05, 3.63) is 69.9 Å². The van der Waals surface area contributed by atoms with Crippen LogP contribution in [-0.2, 0) is 21.5 Å². The first-order chi connectivity index (χ1) is 15.3. The Hall–Kier alpha value is -1.76. The van der Waals surface area contributed by atoms with Gasteiger partial charge in [-0.1, -0.05) is 54.0 Å². The summed E-state index contributed by atoms with van der Waals surface area (Å²) in [4.78, 5) is 17.9. The Balaban J connectivity index is 1.58. The van der Waals surface area contributed by atoms with E-state index in [1.54, 1.807) is 12.1 Å². The number of benzene rings is 2. The predicted molar refractivity (Wildman–Crippen MR) is 130 cm³/mol. The second-order valence-electron chi connectivity index (χ2n) is 8.98. The van der Waals surface area contributed by atoms with Crippen LogP contribution >= 0.6 is 15.9 Å². The van der Waals surface area contributed by atoms with Gasteiger partial charge >= 0.3 is 5.97 Å². The highest BCUT2D eigenvalue weighted by Gasteiger charge is 2.44. The summed E-state index contributed by atoms with van der Waals surface area (Å²) in [5.41, 5.74) is 1.37. The summed E-state index contributed by atoms with van der Waals surface area (Å²) < 4.78 is 19.7. The van der Waals surface area contributed by atoms with Gasteiger partial charge in [-0.15, -0.1) is 0 Å². The molecule has 0 spiro atoms. The topological polar surface area (TPSA) is 32.8 Å². The van der Waals surface area contributed by atoms with Gasteiger partial charge in [0.25, 0.3) is 0 Å². The van der Waals surface area contributed by atoms with Gasteiger partial charge in [0.05, 0.1) is 12.5 Å². The molecule has 1 unspecified atom stereocenters. The summed E-state index contributed by atoms with van der Waals surface area (Å²) in [5, 5.41) is 0. The van der Waals surface area contributed by atoms with Crippen LogP contribution in [0.1, 0.15) is 37.8 Å². The first-order valence-electron chi connectivity index (χ1n) is 11.4. The highest BCUT2D eigenvalue weighted by atomic mass is 79.9. The molecule has 2 aromatic rings. The monoisotopic (exact) mass is 504 g/mol. The highest BCUT2D eigenvalue weighted by Crippen LogP contribution is 2.39. The van der Waals surface area contributed by atoms with Gasteiger partial charge in [-0.25, -0.2) is 4.39 Å². The van der Waals surface area contributed by atoms with E-state index < -0.39 is 5.41 Å². The molecule has 1 heterocycles. The van der Waals surface area contributed by atoms with E-state index in [1.807, 2.05) is 30.3 Å². The molecule has 2 aromatic carbocycles. The average Bonchev–Trinajstić information content (AvgIpc) is 2.77. The van der Waals surface area contributed by atoms with Crippen LogP contribution in [0.3, 0.4) is 0 Å². The Morgan fingerprint density at radius 2 is 1.78 bits per heavy atom. The number of carbonyl (C=O) groups is 1. The number of ether oxygens (including phenoxy) is 1. The van der Waals surface area contributed by atoms with E-state index in [4.69, 9.17) is 4.74 Å². The molecule has 0 N–H and O–H groups in total. The minimum atomic E-state index is -0.655. The molecule has 174 valence electrons. The molecule has 4 nitrogen and oxygen atoms in total. The Kier molecular flexibility index (Phi) is 8.86. The van der Waals surface area contributed by atoms with Crippen molar-refractivity contribution >= 4 is 21.9 Å². The molecule has 0 aromatic heterocycles. The minimum absolute atomic E-state index is 0.118. The Morgan fingerprint density at radius 3 is 2.41 bits per heavy atom. The normalized spacial score (nSPS) is 17.3. The average molecular weight is 505 g/mol. The fraction of sp³-hybridized carbons (Fsp3) is 0.500. The predicted octanol–water partition coefficient (Wildman–Crippen LogP) is 5.25. The van der Waals surface area contributed by atoms with Gasteiger partial charge < -0.3 is 9.64 Å². The quantitative estimate of drug-likeness (QED) is 0.436. The SMILES string of the molecule is COC(=O)C(CCCN1CCN(Cc2cccc(F)c2)CC1)(c1cccc(Br)c1)C(C)C. The van der Waals surface area contributed by atoms with Gasteiger partial charge in [0.2, 0.25) is 0 Å². The maximum absolute atomic E-state index is 13.4. The lowest BCUT2D eigenvalue weighted by Gasteiger charge is -2.38. The third-order valence-corrected chi connectivity index (χ3v) is 7.17. The third kappa shape index (κ3) is 5.97. The molecule has 1 aliphatic heterocycles. The lowest BCUT2D eigenvalue weighted by atomic mass is 9.68. The van der Waals surface area contributed by atoms with E-state index in [0.717, 1.165) is 67.7 Å². The second kappa shape index (κ2) is 11.4. The minimum Gasteiger partial charge on any atom is -0.468 e. The summed E-state index contributed by atoms with van der Waals surface area (Å²) in [6.07, 6.45) is 1.67. The largest absolute Gasteiger partial charge is 0.468 e. The lowest BCUT2D eigenvalue weighted by Crippen LogP contribution is -2.47. The molecule has 0 saturated carbocycles. The summed E-state index contributed by atoms with van der Waals surface area (Å²) in [7, 11) is 1.48. The maximum Gasteiger partial charge on any atom is 0.316 e. The summed E-state index contributed by atoms with van der Waals surface area (Å²) in [6.45, 7) is 9.84. The van der Waals surface area contributed by atoms with E-state index in [0.29, 0.717) is 0 Å². The number of hydrogen-bond acceptors (Lipinski definition) is 4. The van der Waals surface area contributed by atoms with Crippen LogP contribution in [0.25, 0.3) is 0 Å². The fourth-order valence-corrected chi connectivity index (χ4v) is 5.22. The van der Waals surface area contributed by atoms with Crippen molar-refractivity contribution in [2.45, 2.75) is 38.6 Å². The number of piperazine rings is 1. The maximum atomic E-state index is 13.4. The fourth-order valence-electron chi connectivity index (χ4n) is 4.82. The van der Waals surface area contributed by atoms with E-state index in [2.05, 4.69) is 39.6 Å². The highest BCUT2D eigenvalue weighted by molar-refractivity contribution is 9.10. The van der Waals surface area contributed by atoms with Crippen LogP contribution in [0.5, 0.6) is 0 Å². The summed E-state index contributed by atoms with van der Waals surface area (Å²) in [6, 6.07) is 14.9.